The van der Waals surface area contributed by atoms with Crippen LogP contribution in [0.15, 0.2) is 16.7 Å². The molecule has 1 aromatic heterocycles. The molecule has 0 radical (unpaired) electrons. The molecule has 1 atom stereocenters. The summed E-state index contributed by atoms with van der Waals surface area (Å²) < 4.78 is 1.08. The maximum atomic E-state index is 5.69. The molecule has 0 aliphatic carbocycles. The van der Waals surface area contributed by atoms with Crippen LogP contribution in [-0.2, 0) is 0 Å². The van der Waals surface area contributed by atoms with Crippen molar-refractivity contribution in [3.63, 3.8) is 0 Å². The van der Waals surface area contributed by atoms with Crippen LogP contribution in [-0.4, -0.2) is 49.2 Å². The van der Waals surface area contributed by atoms with Gasteiger partial charge in [0.15, 0.2) is 0 Å². The number of piperazine rings is 1. The Labute approximate surface area is 124 Å². The van der Waals surface area contributed by atoms with Gasteiger partial charge in [0.25, 0.3) is 0 Å². The summed E-state index contributed by atoms with van der Waals surface area (Å²) in [7, 11) is 0. The Kier molecular flexibility index (Phi) is 5.19. The van der Waals surface area contributed by atoms with E-state index in [1.54, 1.807) is 0 Å². The van der Waals surface area contributed by atoms with E-state index in [9.17, 15) is 0 Å². The summed E-state index contributed by atoms with van der Waals surface area (Å²) in [6, 6.07) is 2.16. The molecule has 4 nitrogen and oxygen atoms in total. The van der Waals surface area contributed by atoms with Gasteiger partial charge in [-0.3, -0.25) is 4.90 Å². The van der Waals surface area contributed by atoms with Crippen LogP contribution < -0.4 is 10.6 Å². The Morgan fingerprint density at radius 1 is 1.37 bits per heavy atom. The summed E-state index contributed by atoms with van der Waals surface area (Å²) in [5.41, 5.74) is 6.93. The number of pyridine rings is 1. The van der Waals surface area contributed by atoms with Crippen LogP contribution in [0.25, 0.3) is 0 Å². The molecule has 106 valence electrons. The zero-order valence-corrected chi connectivity index (χ0v) is 13.4. The fraction of sp³-hybridized carbons (Fsp3) is 0.643. The average molecular weight is 327 g/mol. The van der Waals surface area contributed by atoms with Crippen molar-refractivity contribution in [1.82, 2.24) is 9.88 Å². The molecule has 1 aromatic rings. The lowest BCUT2D eigenvalue weighted by Gasteiger charge is -2.36. The molecule has 0 bridgehead atoms. The first-order valence-corrected chi connectivity index (χ1v) is 7.69. The van der Waals surface area contributed by atoms with Crippen molar-refractivity contribution < 1.29 is 0 Å². The van der Waals surface area contributed by atoms with E-state index in [4.69, 9.17) is 5.73 Å². The molecule has 0 saturated carbocycles. The van der Waals surface area contributed by atoms with Gasteiger partial charge in [-0.1, -0.05) is 6.92 Å². The Morgan fingerprint density at radius 3 is 2.63 bits per heavy atom. The summed E-state index contributed by atoms with van der Waals surface area (Å²) in [5.74, 6) is 1.67. The molecule has 1 unspecified atom stereocenters. The summed E-state index contributed by atoms with van der Waals surface area (Å²) >= 11 is 3.50. The van der Waals surface area contributed by atoms with E-state index in [2.05, 4.69) is 50.6 Å². The standard InChI is InChI=1S/C14H23BrN4/c1-11(8-16)10-18-3-5-19(6-4-18)14-7-12(2)13(15)9-17-14/h7,9,11H,3-6,8,10,16H2,1-2H3. The topological polar surface area (TPSA) is 45.4 Å². The number of hydrogen-bond donors (Lipinski definition) is 1. The molecule has 1 saturated heterocycles. The zero-order chi connectivity index (χ0) is 13.8. The second kappa shape index (κ2) is 6.68. The Morgan fingerprint density at radius 2 is 2.05 bits per heavy atom. The number of rotatable bonds is 4. The predicted molar refractivity (Wildman–Crippen MR) is 83.5 cm³/mol. The van der Waals surface area contributed by atoms with Gasteiger partial charge in [-0.05, 0) is 46.9 Å². The quantitative estimate of drug-likeness (QED) is 0.917. The first kappa shape index (κ1) is 14.8. The number of hydrogen-bond acceptors (Lipinski definition) is 4. The third-order valence-electron chi connectivity index (χ3n) is 3.70. The highest BCUT2D eigenvalue weighted by atomic mass is 79.9. The van der Waals surface area contributed by atoms with Crippen molar-refractivity contribution >= 4 is 21.7 Å². The van der Waals surface area contributed by atoms with Crippen LogP contribution in [0.3, 0.4) is 0 Å². The van der Waals surface area contributed by atoms with Crippen molar-refractivity contribution in [3.05, 3.63) is 22.3 Å². The van der Waals surface area contributed by atoms with Crippen molar-refractivity contribution in [1.29, 1.82) is 0 Å². The Bertz CT molecular complexity index is 416. The van der Waals surface area contributed by atoms with E-state index in [-0.39, 0.29) is 0 Å². The molecule has 1 aliphatic heterocycles. The molecule has 2 rings (SSSR count). The zero-order valence-electron chi connectivity index (χ0n) is 11.8. The molecular weight excluding hydrogens is 304 g/mol. The fourth-order valence-corrected chi connectivity index (χ4v) is 2.59. The SMILES string of the molecule is Cc1cc(N2CCN(CC(C)CN)CC2)ncc1Br. The van der Waals surface area contributed by atoms with E-state index in [0.717, 1.165) is 49.6 Å². The Hall–Kier alpha value is -0.650. The van der Waals surface area contributed by atoms with Crippen LogP contribution in [0.4, 0.5) is 5.82 Å². The lowest BCUT2D eigenvalue weighted by molar-refractivity contribution is 0.227. The maximum Gasteiger partial charge on any atom is 0.128 e. The minimum Gasteiger partial charge on any atom is -0.354 e. The first-order chi connectivity index (χ1) is 9.10. The highest BCUT2D eigenvalue weighted by Crippen LogP contribution is 2.21. The molecule has 1 aliphatic rings. The third-order valence-corrected chi connectivity index (χ3v) is 4.53. The summed E-state index contributed by atoms with van der Waals surface area (Å²) in [5, 5.41) is 0. The number of nitrogens with two attached hydrogens (primary N) is 1. The average Bonchev–Trinajstić information content (AvgIpc) is 2.42. The molecule has 0 spiro atoms. The summed E-state index contributed by atoms with van der Waals surface area (Å²) in [4.78, 5) is 9.37. The fourth-order valence-electron chi connectivity index (χ4n) is 2.37. The predicted octanol–water partition coefficient (Wildman–Crippen LogP) is 1.87. The van der Waals surface area contributed by atoms with Crippen molar-refractivity contribution in [2.45, 2.75) is 13.8 Å². The molecule has 0 amide bonds. The Balaban J connectivity index is 1.90. The number of halogens is 1. The van der Waals surface area contributed by atoms with Gasteiger partial charge >= 0.3 is 0 Å². The highest BCUT2D eigenvalue weighted by molar-refractivity contribution is 9.10. The molecule has 0 aromatic carbocycles. The second-order valence-electron chi connectivity index (χ2n) is 5.42. The number of anilines is 1. The molecule has 2 heterocycles. The van der Waals surface area contributed by atoms with E-state index in [1.165, 1.54) is 5.56 Å². The van der Waals surface area contributed by atoms with Gasteiger partial charge in [0.05, 0.1) is 0 Å². The molecular formula is C14H23BrN4. The molecule has 19 heavy (non-hydrogen) atoms. The van der Waals surface area contributed by atoms with Crippen LogP contribution >= 0.6 is 15.9 Å². The largest absolute Gasteiger partial charge is 0.354 e. The number of aromatic nitrogens is 1. The van der Waals surface area contributed by atoms with E-state index < -0.39 is 0 Å². The van der Waals surface area contributed by atoms with Crippen LogP contribution in [0.5, 0.6) is 0 Å². The van der Waals surface area contributed by atoms with Gasteiger partial charge in [0.1, 0.15) is 5.82 Å². The smallest absolute Gasteiger partial charge is 0.128 e. The van der Waals surface area contributed by atoms with E-state index in [1.807, 2.05) is 6.20 Å². The molecule has 2 N–H and O–H groups in total. The van der Waals surface area contributed by atoms with Gasteiger partial charge in [0, 0.05) is 43.4 Å². The molecule has 5 heteroatoms. The van der Waals surface area contributed by atoms with E-state index >= 15 is 0 Å². The molecule has 1 fully saturated rings. The van der Waals surface area contributed by atoms with Gasteiger partial charge in [-0.25, -0.2) is 4.98 Å². The monoisotopic (exact) mass is 326 g/mol. The minimum atomic E-state index is 0.583. The highest BCUT2D eigenvalue weighted by Gasteiger charge is 2.19. The number of nitrogens with zero attached hydrogens (tertiary/aromatic N) is 3. The summed E-state index contributed by atoms with van der Waals surface area (Å²) in [6.07, 6.45) is 1.90. The lowest BCUT2D eigenvalue weighted by atomic mass is 10.1. The van der Waals surface area contributed by atoms with E-state index in [0.29, 0.717) is 5.92 Å². The minimum absolute atomic E-state index is 0.583. The van der Waals surface area contributed by atoms with Crippen LogP contribution in [0.1, 0.15) is 12.5 Å². The third kappa shape index (κ3) is 3.91. The van der Waals surface area contributed by atoms with Gasteiger partial charge in [-0.2, -0.15) is 0 Å². The van der Waals surface area contributed by atoms with Gasteiger partial charge in [0.2, 0.25) is 0 Å². The van der Waals surface area contributed by atoms with Gasteiger partial charge < -0.3 is 10.6 Å². The first-order valence-electron chi connectivity index (χ1n) is 6.89. The second-order valence-corrected chi connectivity index (χ2v) is 6.27. The van der Waals surface area contributed by atoms with Crippen molar-refractivity contribution in [3.8, 4) is 0 Å². The van der Waals surface area contributed by atoms with Gasteiger partial charge in [-0.15, -0.1) is 0 Å². The normalized spacial score (nSPS) is 18.6. The summed E-state index contributed by atoms with van der Waals surface area (Å²) in [6.45, 7) is 10.5. The van der Waals surface area contributed by atoms with Crippen LogP contribution in [0.2, 0.25) is 0 Å². The van der Waals surface area contributed by atoms with Crippen molar-refractivity contribution in [2.75, 3.05) is 44.2 Å². The lowest BCUT2D eigenvalue weighted by Crippen LogP contribution is -2.48. The maximum absolute atomic E-state index is 5.69. The van der Waals surface area contributed by atoms with Crippen molar-refractivity contribution in [2.24, 2.45) is 11.7 Å². The van der Waals surface area contributed by atoms with Crippen LogP contribution in [0, 0.1) is 12.8 Å². The number of aryl methyl sites for hydroxylation is 1.